The Kier molecular flexibility index (Phi) is 5.10. The van der Waals surface area contributed by atoms with E-state index in [2.05, 4.69) is 10.5 Å². The van der Waals surface area contributed by atoms with Crippen LogP contribution in [-0.4, -0.2) is 16.8 Å². The molecular formula is C17H18N2O2. The Labute approximate surface area is 124 Å². The number of benzene rings is 2. The van der Waals surface area contributed by atoms with E-state index in [1.54, 1.807) is 13.0 Å². The van der Waals surface area contributed by atoms with Gasteiger partial charge in [-0.1, -0.05) is 47.6 Å². The zero-order valence-electron chi connectivity index (χ0n) is 11.9. The van der Waals surface area contributed by atoms with Crippen molar-refractivity contribution in [2.45, 2.75) is 19.8 Å². The molecule has 0 atom stereocenters. The third-order valence-electron chi connectivity index (χ3n) is 3.20. The molecule has 4 nitrogen and oxygen atoms in total. The number of carbonyl (C=O) groups excluding carboxylic acids is 1. The van der Waals surface area contributed by atoms with Crippen molar-refractivity contribution in [3.63, 3.8) is 0 Å². The fourth-order valence-electron chi connectivity index (χ4n) is 2.01. The molecule has 0 saturated heterocycles. The second kappa shape index (κ2) is 7.24. The van der Waals surface area contributed by atoms with E-state index < -0.39 is 0 Å². The summed E-state index contributed by atoms with van der Waals surface area (Å²) in [6.45, 7) is 1.70. The lowest BCUT2D eigenvalue weighted by Crippen LogP contribution is -2.12. The molecule has 108 valence electrons. The minimum Gasteiger partial charge on any atom is -0.411 e. The van der Waals surface area contributed by atoms with Crippen molar-refractivity contribution in [1.82, 2.24) is 0 Å². The van der Waals surface area contributed by atoms with Crippen LogP contribution in [0.2, 0.25) is 0 Å². The Balaban J connectivity index is 1.94. The van der Waals surface area contributed by atoms with Crippen LogP contribution in [0, 0.1) is 0 Å². The van der Waals surface area contributed by atoms with Crippen LogP contribution < -0.4 is 5.32 Å². The lowest BCUT2D eigenvalue weighted by atomic mass is 10.1. The molecule has 4 heteroatoms. The molecule has 2 aromatic rings. The van der Waals surface area contributed by atoms with Gasteiger partial charge >= 0.3 is 0 Å². The first-order valence-corrected chi connectivity index (χ1v) is 6.82. The fraction of sp³-hybridized carbons (Fsp3) is 0.176. The SMILES string of the molecule is C/C(=N\O)c1cccc(NC(=O)CCc2ccccc2)c1. The number of aryl methyl sites for hydroxylation is 1. The van der Waals surface area contributed by atoms with E-state index in [4.69, 9.17) is 5.21 Å². The molecule has 0 aliphatic rings. The number of rotatable bonds is 5. The smallest absolute Gasteiger partial charge is 0.224 e. The van der Waals surface area contributed by atoms with Gasteiger partial charge in [0.1, 0.15) is 0 Å². The zero-order chi connectivity index (χ0) is 15.1. The molecule has 1 amide bonds. The minimum absolute atomic E-state index is 0.0328. The normalized spacial score (nSPS) is 11.2. The van der Waals surface area contributed by atoms with Gasteiger partial charge < -0.3 is 10.5 Å². The van der Waals surface area contributed by atoms with Crippen molar-refractivity contribution >= 4 is 17.3 Å². The maximum absolute atomic E-state index is 11.9. The van der Waals surface area contributed by atoms with Crippen LogP contribution in [0.5, 0.6) is 0 Å². The molecule has 2 N–H and O–H groups in total. The van der Waals surface area contributed by atoms with Crippen LogP contribution in [0.15, 0.2) is 59.8 Å². The van der Waals surface area contributed by atoms with Gasteiger partial charge in [-0.3, -0.25) is 4.79 Å². The van der Waals surface area contributed by atoms with Gasteiger partial charge in [0.05, 0.1) is 5.71 Å². The van der Waals surface area contributed by atoms with Crippen LogP contribution in [0.3, 0.4) is 0 Å². The van der Waals surface area contributed by atoms with Gasteiger partial charge in [0.15, 0.2) is 0 Å². The van der Waals surface area contributed by atoms with Crippen molar-refractivity contribution < 1.29 is 10.0 Å². The van der Waals surface area contributed by atoms with Gasteiger partial charge in [-0.05, 0) is 31.0 Å². The Morgan fingerprint density at radius 2 is 1.90 bits per heavy atom. The standard InChI is InChI=1S/C17H18N2O2/c1-13(19-21)15-8-5-9-16(12-15)18-17(20)11-10-14-6-3-2-4-7-14/h2-9,12,21H,10-11H2,1H3,(H,18,20)/b19-13+. The summed E-state index contributed by atoms with van der Waals surface area (Å²) in [4.78, 5) is 11.9. The van der Waals surface area contributed by atoms with Crippen molar-refractivity contribution in [2.75, 3.05) is 5.32 Å². The van der Waals surface area contributed by atoms with Crippen molar-refractivity contribution in [1.29, 1.82) is 0 Å². The highest BCUT2D eigenvalue weighted by Gasteiger charge is 2.05. The summed E-state index contributed by atoms with van der Waals surface area (Å²) in [7, 11) is 0. The third-order valence-corrected chi connectivity index (χ3v) is 3.20. The molecule has 0 saturated carbocycles. The predicted octanol–water partition coefficient (Wildman–Crippen LogP) is 3.46. The fourth-order valence-corrected chi connectivity index (χ4v) is 2.01. The molecule has 0 aliphatic carbocycles. The maximum atomic E-state index is 11.9. The average molecular weight is 282 g/mol. The Morgan fingerprint density at radius 1 is 1.14 bits per heavy atom. The van der Waals surface area contributed by atoms with Crippen molar-refractivity contribution in [2.24, 2.45) is 5.16 Å². The number of nitrogens with zero attached hydrogens (tertiary/aromatic N) is 1. The minimum atomic E-state index is -0.0328. The summed E-state index contributed by atoms with van der Waals surface area (Å²) in [5.74, 6) is -0.0328. The Morgan fingerprint density at radius 3 is 2.62 bits per heavy atom. The molecule has 0 aliphatic heterocycles. The molecule has 21 heavy (non-hydrogen) atoms. The van der Waals surface area contributed by atoms with Gasteiger partial charge in [-0.2, -0.15) is 0 Å². The number of anilines is 1. The van der Waals surface area contributed by atoms with E-state index in [1.165, 1.54) is 0 Å². The molecule has 0 fully saturated rings. The Hall–Kier alpha value is -2.62. The quantitative estimate of drug-likeness (QED) is 0.501. The number of amides is 1. The molecule has 2 rings (SSSR count). The predicted molar refractivity (Wildman–Crippen MR) is 83.8 cm³/mol. The van der Waals surface area contributed by atoms with Crippen LogP contribution in [0.4, 0.5) is 5.69 Å². The summed E-state index contributed by atoms with van der Waals surface area (Å²) in [6.07, 6.45) is 1.14. The summed E-state index contributed by atoms with van der Waals surface area (Å²) in [5.41, 5.74) is 3.13. The van der Waals surface area contributed by atoms with E-state index in [1.807, 2.05) is 48.5 Å². The summed E-state index contributed by atoms with van der Waals surface area (Å²) in [6, 6.07) is 17.2. The largest absolute Gasteiger partial charge is 0.411 e. The molecular weight excluding hydrogens is 264 g/mol. The van der Waals surface area contributed by atoms with Crippen molar-refractivity contribution in [3.05, 3.63) is 65.7 Å². The molecule has 0 unspecified atom stereocenters. The van der Waals surface area contributed by atoms with E-state index in [-0.39, 0.29) is 5.91 Å². The number of hydrogen-bond acceptors (Lipinski definition) is 3. The second-order valence-electron chi connectivity index (χ2n) is 4.80. The lowest BCUT2D eigenvalue weighted by molar-refractivity contribution is -0.116. The third kappa shape index (κ3) is 4.45. The molecule has 0 bridgehead atoms. The highest BCUT2D eigenvalue weighted by molar-refractivity contribution is 6.00. The van der Waals surface area contributed by atoms with Gasteiger partial charge in [0.2, 0.25) is 5.91 Å². The first-order chi connectivity index (χ1) is 10.2. The first-order valence-electron chi connectivity index (χ1n) is 6.82. The number of carbonyl (C=O) groups is 1. The van der Waals surface area contributed by atoms with Crippen LogP contribution in [0.25, 0.3) is 0 Å². The lowest BCUT2D eigenvalue weighted by Gasteiger charge is -2.07. The monoisotopic (exact) mass is 282 g/mol. The number of hydrogen-bond donors (Lipinski definition) is 2. The molecule has 2 aromatic carbocycles. The van der Waals surface area contributed by atoms with E-state index in [0.717, 1.165) is 11.1 Å². The Bertz CT molecular complexity index is 636. The van der Waals surface area contributed by atoms with Gasteiger partial charge in [-0.25, -0.2) is 0 Å². The second-order valence-corrected chi connectivity index (χ2v) is 4.80. The van der Waals surface area contributed by atoms with Gasteiger partial charge in [0, 0.05) is 17.7 Å². The van der Waals surface area contributed by atoms with E-state index >= 15 is 0 Å². The average Bonchev–Trinajstić information content (AvgIpc) is 2.53. The maximum Gasteiger partial charge on any atom is 0.224 e. The first kappa shape index (κ1) is 14.8. The molecule has 0 spiro atoms. The highest BCUT2D eigenvalue weighted by Crippen LogP contribution is 2.12. The van der Waals surface area contributed by atoms with Crippen molar-refractivity contribution in [3.8, 4) is 0 Å². The number of oxime groups is 1. The number of nitrogens with one attached hydrogen (secondary N) is 1. The van der Waals surface area contributed by atoms with Gasteiger partial charge in [-0.15, -0.1) is 0 Å². The summed E-state index contributed by atoms with van der Waals surface area (Å²) >= 11 is 0. The highest BCUT2D eigenvalue weighted by atomic mass is 16.4. The molecule has 0 radical (unpaired) electrons. The topological polar surface area (TPSA) is 61.7 Å². The van der Waals surface area contributed by atoms with Crippen LogP contribution >= 0.6 is 0 Å². The summed E-state index contributed by atoms with van der Waals surface area (Å²) < 4.78 is 0. The van der Waals surface area contributed by atoms with Crippen LogP contribution in [0.1, 0.15) is 24.5 Å². The van der Waals surface area contributed by atoms with Crippen LogP contribution in [-0.2, 0) is 11.2 Å². The van der Waals surface area contributed by atoms with Gasteiger partial charge in [0.25, 0.3) is 0 Å². The van der Waals surface area contributed by atoms with E-state index in [0.29, 0.717) is 24.2 Å². The van der Waals surface area contributed by atoms with E-state index in [9.17, 15) is 4.79 Å². The molecule has 0 heterocycles. The molecule has 0 aromatic heterocycles. The zero-order valence-corrected chi connectivity index (χ0v) is 11.9. The summed E-state index contributed by atoms with van der Waals surface area (Å²) in [5, 5.41) is 14.8.